The van der Waals surface area contributed by atoms with E-state index < -0.39 is 0 Å². The Morgan fingerprint density at radius 3 is 1.20 bits per heavy atom. The Morgan fingerprint density at radius 1 is 1.20 bits per heavy atom. The summed E-state index contributed by atoms with van der Waals surface area (Å²) in [6.45, 7) is 0. The molecule has 0 aromatic heterocycles. The fourth-order valence-corrected chi connectivity index (χ4v) is 0. The third kappa shape index (κ3) is 17.7. The second-order valence-electron chi connectivity index (χ2n) is 0. The molecule has 0 saturated heterocycles. The van der Waals surface area contributed by atoms with Gasteiger partial charge in [0.15, 0.2) is 0 Å². The van der Waals surface area contributed by atoms with E-state index in [9.17, 15) is 0 Å². The van der Waals surface area contributed by atoms with Crippen molar-refractivity contribution in [2.45, 2.75) is 0 Å². The van der Waals surface area contributed by atoms with Crippen LogP contribution in [0.3, 0.4) is 0 Å². The Hall–Kier alpha value is 4.75. The van der Waals surface area contributed by atoms with Crippen LogP contribution in [0.25, 0.3) is 0 Å². The van der Waals surface area contributed by atoms with Gasteiger partial charge in [-0.2, -0.15) is 0 Å². The van der Waals surface area contributed by atoms with E-state index in [4.69, 9.17) is 0 Å². The van der Waals surface area contributed by atoms with Gasteiger partial charge in [0.05, 0.1) is 0 Å². The molecule has 0 fully saturated rings. The smallest absolute Gasteiger partial charge is 1.00 e. The van der Waals surface area contributed by atoms with E-state index in [1.54, 1.807) is 0 Å². The molecule has 0 N–H and O–H groups in total. The molecule has 0 aliphatic rings. The van der Waals surface area contributed by atoms with Crippen LogP contribution < -0.4 is 51.4 Å². The van der Waals surface area contributed by atoms with E-state index >= 15 is 0 Å². The molecule has 5 heteroatoms. The van der Waals surface area contributed by atoms with Crippen LogP contribution in [0.5, 0.6) is 0 Å². The summed E-state index contributed by atoms with van der Waals surface area (Å²) in [6, 6.07) is 0. The molecule has 0 aromatic rings. The van der Waals surface area contributed by atoms with Gasteiger partial charge in [-0.1, -0.05) is 0 Å². The normalized spacial score (nSPS) is 0. The Bertz CT molecular complexity index is 15.5. The van der Waals surface area contributed by atoms with Gasteiger partial charge in [-0.3, -0.25) is 0 Å². The maximum atomic E-state index is 0. The van der Waals surface area contributed by atoms with Gasteiger partial charge in [0, 0.05) is 97.2 Å². The largest absolute Gasteiger partial charge is 1.00 e. The summed E-state index contributed by atoms with van der Waals surface area (Å²) in [5, 5.41) is 0. The fourth-order valence-electron chi connectivity index (χ4n) is 0. The maximum absolute atomic E-state index is 0. The second kappa shape index (κ2) is 23.3. The van der Waals surface area contributed by atoms with E-state index in [0.717, 1.165) is 0 Å². The van der Waals surface area contributed by atoms with Crippen molar-refractivity contribution in [3.05, 3.63) is 0 Å². The Kier molecular flexibility index (Phi) is 154. The van der Waals surface area contributed by atoms with Crippen molar-refractivity contribution in [2.24, 2.45) is 0 Å². The molecular weight excluding hydrogens is 383 g/mol. The third-order valence-corrected chi connectivity index (χ3v) is 0. The summed E-state index contributed by atoms with van der Waals surface area (Å²) in [7, 11) is 0. The van der Waals surface area contributed by atoms with Gasteiger partial charge < -0.3 is 1.43 Å². The van der Waals surface area contributed by atoms with Crippen LogP contribution in [0.1, 0.15) is 1.43 Å². The number of rotatable bonds is 0. The first-order chi connectivity index (χ1) is 0. The fraction of sp³-hybridized carbons (Fsp3) is 0. The van der Waals surface area contributed by atoms with Crippen molar-refractivity contribution in [2.75, 3.05) is 0 Å². The Balaban J connectivity index is 0. The molecular formula is HCeCrFeKMo. The first kappa shape index (κ1) is 33.1. The van der Waals surface area contributed by atoms with Gasteiger partial charge in [0.2, 0.25) is 0 Å². The van der Waals surface area contributed by atoms with Gasteiger partial charge in [0.1, 0.15) is 0 Å². The van der Waals surface area contributed by atoms with Crippen LogP contribution in [0.15, 0.2) is 0 Å². The van der Waals surface area contributed by atoms with Gasteiger partial charge in [-0.25, -0.2) is 0 Å². The van der Waals surface area contributed by atoms with Crippen LogP contribution >= 0.6 is 0 Å². The summed E-state index contributed by atoms with van der Waals surface area (Å²) in [4.78, 5) is 0. The monoisotopic (exact) mass is 386 g/mol. The molecule has 26 valence electrons. The van der Waals surface area contributed by atoms with Crippen molar-refractivity contribution in [3.63, 3.8) is 0 Å². The van der Waals surface area contributed by atoms with Crippen molar-refractivity contribution in [3.8, 4) is 0 Å². The zero-order valence-electron chi connectivity index (χ0n) is 3.67. The predicted octanol–water partition coefficient (Wildman–Crippen LogP) is -2.89. The first-order valence-electron chi connectivity index (χ1n) is 0. The summed E-state index contributed by atoms with van der Waals surface area (Å²) in [5.74, 6) is 0. The van der Waals surface area contributed by atoms with Crippen LogP contribution in [-0.2, 0) is 55.5 Å². The van der Waals surface area contributed by atoms with E-state index in [1.165, 1.54) is 0 Å². The Labute approximate surface area is 146 Å². The standard InChI is InChI=1S/Ce.Cr.Fe.K.Mo.H/q;;;+1;;-1. The molecule has 0 radical (unpaired) electrons. The molecule has 0 amide bonds. The molecule has 0 bridgehead atoms. The second-order valence-corrected chi connectivity index (χ2v) is 0. The van der Waals surface area contributed by atoms with Crippen LogP contribution in [0.4, 0.5) is 0 Å². The quantitative estimate of drug-likeness (QED) is 0.394. The van der Waals surface area contributed by atoms with Crippen LogP contribution in [0.2, 0.25) is 0 Å². The number of hydrogen-bond donors (Lipinski definition) is 0. The molecule has 0 aliphatic heterocycles. The van der Waals surface area contributed by atoms with Crippen LogP contribution in [-0.4, -0.2) is 0 Å². The maximum Gasteiger partial charge on any atom is 1.00 e. The number of hydrogen-bond acceptors (Lipinski definition) is 0. The molecule has 0 unspecified atom stereocenters. The van der Waals surface area contributed by atoms with Gasteiger partial charge >= 0.3 is 51.4 Å². The van der Waals surface area contributed by atoms with Gasteiger partial charge in [-0.05, 0) is 0 Å². The van der Waals surface area contributed by atoms with Gasteiger partial charge in [-0.15, -0.1) is 0 Å². The molecule has 0 aliphatic carbocycles. The topological polar surface area (TPSA) is 0 Å². The van der Waals surface area contributed by atoms with Crippen molar-refractivity contribution in [1.29, 1.82) is 0 Å². The van der Waals surface area contributed by atoms with Crippen LogP contribution in [0, 0.1) is 41.7 Å². The third-order valence-electron chi connectivity index (χ3n) is 0. The summed E-state index contributed by atoms with van der Waals surface area (Å²) in [5.41, 5.74) is 0. The van der Waals surface area contributed by atoms with Crippen molar-refractivity contribution < 1.29 is 150 Å². The zero-order valence-corrected chi connectivity index (χ0v) is 13.3. The first-order valence-corrected chi connectivity index (χ1v) is 0. The molecule has 0 heterocycles. The summed E-state index contributed by atoms with van der Waals surface area (Å²) >= 11 is 0. The average Bonchev–Trinajstić information content (AvgIpc) is 0. The molecule has 0 nitrogen and oxygen atoms in total. The molecule has 0 spiro atoms. The molecule has 0 aromatic carbocycles. The summed E-state index contributed by atoms with van der Waals surface area (Å²) in [6.07, 6.45) is 0. The molecule has 0 atom stereocenters. The predicted molar refractivity (Wildman–Crippen MR) is 1.11 cm³/mol. The van der Waals surface area contributed by atoms with Crippen molar-refractivity contribution >= 4 is 0 Å². The van der Waals surface area contributed by atoms with E-state index in [-0.39, 0.29) is 150 Å². The van der Waals surface area contributed by atoms with Crippen molar-refractivity contribution in [1.82, 2.24) is 0 Å². The molecule has 0 rings (SSSR count). The van der Waals surface area contributed by atoms with Gasteiger partial charge in [0.25, 0.3) is 0 Å². The van der Waals surface area contributed by atoms with E-state index in [2.05, 4.69) is 0 Å². The van der Waals surface area contributed by atoms with E-state index in [0.29, 0.717) is 0 Å². The van der Waals surface area contributed by atoms with E-state index in [1.807, 2.05) is 0 Å². The zero-order chi connectivity index (χ0) is 0. The Morgan fingerprint density at radius 2 is 1.20 bits per heavy atom. The minimum absolute atomic E-state index is 0. The average molecular weight is 384 g/mol. The SMILES string of the molecule is [Ce].[Cr].[Fe].[H-].[K+].[Mo]. The molecule has 0 saturated carbocycles. The minimum Gasteiger partial charge on any atom is -1.00 e. The molecule has 5 heavy (non-hydrogen) atoms. The minimum atomic E-state index is 0. The summed E-state index contributed by atoms with van der Waals surface area (Å²) < 4.78 is 0.